The number of hydrogen-bond acceptors (Lipinski definition) is 3. The molecule has 0 aromatic heterocycles. The van der Waals surface area contributed by atoms with E-state index in [4.69, 9.17) is 5.11 Å². The number of rotatable bonds is 7. The number of hydrogen-bond donors (Lipinski definition) is 2. The van der Waals surface area contributed by atoms with Crippen molar-refractivity contribution in [1.29, 1.82) is 0 Å². The Kier molecular flexibility index (Phi) is 5.92. The van der Waals surface area contributed by atoms with Gasteiger partial charge in [0.2, 0.25) is 0 Å². The highest BCUT2D eigenvalue weighted by Gasteiger charge is 2.26. The van der Waals surface area contributed by atoms with Crippen LogP contribution >= 0.6 is 11.8 Å². The highest BCUT2D eigenvalue weighted by atomic mass is 32.2. The zero-order valence-corrected chi connectivity index (χ0v) is 12.8. The van der Waals surface area contributed by atoms with E-state index in [1.165, 1.54) is 25.0 Å². The van der Waals surface area contributed by atoms with Crippen LogP contribution in [0.15, 0.2) is 24.3 Å². The van der Waals surface area contributed by atoms with Crippen molar-refractivity contribution in [3.63, 3.8) is 0 Å². The molecular weight excluding hydrogens is 270 g/mol. The summed E-state index contributed by atoms with van der Waals surface area (Å²) >= 11 is 2.04. The van der Waals surface area contributed by atoms with Gasteiger partial charge < -0.3 is 10.4 Å². The number of carbonyl (C=O) groups is 1. The van der Waals surface area contributed by atoms with Gasteiger partial charge in [-0.3, -0.25) is 4.79 Å². The first-order chi connectivity index (χ1) is 9.70. The van der Waals surface area contributed by atoms with Crippen LogP contribution in [-0.2, 0) is 17.8 Å². The molecule has 1 saturated carbocycles. The number of carboxylic acids is 1. The molecule has 0 bridgehead atoms. The molecule has 0 aliphatic heterocycles. The monoisotopic (exact) mass is 293 g/mol. The van der Waals surface area contributed by atoms with Crippen molar-refractivity contribution in [2.45, 2.75) is 50.4 Å². The Labute approximate surface area is 125 Å². The van der Waals surface area contributed by atoms with Gasteiger partial charge in [-0.05, 0) is 29.7 Å². The number of benzene rings is 1. The molecule has 0 spiro atoms. The van der Waals surface area contributed by atoms with Crippen LogP contribution in [0.5, 0.6) is 0 Å². The summed E-state index contributed by atoms with van der Waals surface area (Å²) < 4.78 is 0. The third-order valence-corrected chi connectivity index (χ3v) is 5.17. The van der Waals surface area contributed by atoms with Gasteiger partial charge >= 0.3 is 5.97 Å². The van der Waals surface area contributed by atoms with Crippen molar-refractivity contribution in [3.05, 3.63) is 35.4 Å². The molecule has 0 heterocycles. The van der Waals surface area contributed by atoms with Crippen molar-refractivity contribution < 1.29 is 9.90 Å². The second-order valence-corrected chi connectivity index (χ2v) is 6.77. The smallest absolute Gasteiger partial charge is 0.307 e. The molecule has 2 atom stereocenters. The van der Waals surface area contributed by atoms with Gasteiger partial charge in [0.05, 0.1) is 6.42 Å². The van der Waals surface area contributed by atoms with E-state index in [-0.39, 0.29) is 6.42 Å². The van der Waals surface area contributed by atoms with Gasteiger partial charge in [0.15, 0.2) is 0 Å². The molecule has 3 nitrogen and oxygen atoms in total. The second kappa shape index (κ2) is 7.70. The van der Waals surface area contributed by atoms with Crippen LogP contribution in [0.4, 0.5) is 0 Å². The summed E-state index contributed by atoms with van der Waals surface area (Å²) in [5.41, 5.74) is 2.03. The van der Waals surface area contributed by atoms with Gasteiger partial charge in [0, 0.05) is 17.8 Å². The van der Waals surface area contributed by atoms with E-state index in [0.29, 0.717) is 11.3 Å². The minimum absolute atomic E-state index is 0.107. The summed E-state index contributed by atoms with van der Waals surface area (Å²) in [5, 5.41) is 13.3. The minimum Gasteiger partial charge on any atom is -0.481 e. The van der Waals surface area contributed by atoms with Crippen molar-refractivity contribution in [2.75, 3.05) is 5.75 Å². The summed E-state index contributed by atoms with van der Waals surface area (Å²) in [6.45, 7) is 2.98. The molecule has 0 radical (unpaired) electrons. The minimum atomic E-state index is -0.766. The molecule has 4 heteroatoms. The van der Waals surface area contributed by atoms with Gasteiger partial charge in [-0.15, -0.1) is 0 Å². The second-order valence-electron chi connectivity index (χ2n) is 5.25. The molecule has 20 heavy (non-hydrogen) atoms. The normalized spacial score (nSPS) is 22.1. The summed E-state index contributed by atoms with van der Waals surface area (Å²) in [6.07, 6.45) is 3.94. The first kappa shape index (κ1) is 15.4. The Morgan fingerprint density at radius 1 is 1.35 bits per heavy atom. The van der Waals surface area contributed by atoms with E-state index < -0.39 is 5.97 Å². The van der Waals surface area contributed by atoms with Crippen LogP contribution in [0.1, 0.15) is 37.3 Å². The largest absolute Gasteiger partial charge is 0.481 e. The maximum Gasteiger partial charge on any atom is 0.307 e. The van der Waals surface area contributed by atoms with Crippen molar-refractivity contribution in [2.24, 2.45) is 0 Å². The quantitative estimate of drug-likeness (QED) is 0.811. The lowest BCUT2D eigenvalue weighted by atomic mass is 10.0. The zero-order valence-electron chi connectivity index (χ0n) is 12.0. The average molecular weight is 293 g/mol. The van der Waals surface area contributed by atoms with E-state index in [9.17, 15) is 4.79 Å². The van der Waals surface area contributed by atoms with Crippen LogP contribution in [0.25, 0.3) is 0 Å². The van der Waals surface area contributed by atoms with Gasteiger partial charge in [-0.25, -0.2) is 0 Å². The van der Waals surface area contributed by atoms with Crippen molar-refractivity contribution in [3.8, 4) is 0 Å². The fourth-order valence-electron chi connectivity index (χ4n) is 2.88. The Morgan fingerprint density at radius 3 is 2.80 bits per heavy atom. The molecule has 2 N–H and O–H groups in total. The molecule has 1 aromatic rings. The molecule has 2 rings (SSSR count). The van der Waals surface area contributed by atoms with Crippen molar-refractivity contribution in [1.82, 2.24) is 5.32 Å². The summed E-state index contributed by atoms with van der Waals surface area (Å²) in [7, 11) is 0. The molecule has 1 aliphatic carbocycles. The lowest BCUT2D eigenvalue weighted by molar-refractivity contribution is -0.136. The van der Waals surface area contributed by atoms with E-state index in [2.05, 4.69) is 12.2 Å². The Balaban J connectivity index is 1.95. The first-order valence-corrected chi connectivity index (χ1v) is 8.39. The molecule has 1 aromatic carbocycles. The standard InChI is InChI=1S/C16H23NO2S/c1-2-20-15-9-5-8-14(15)17-11-13-7-4-3-6-12(13)10-16(18)19/h3-4,6-7,14-15,17H,2,5,8-11H2,1H3,(H,18,19). The molecule has 1 fully saturated rings. The van der Waals surface area contributed by atoms with Crippen LogP contribution in [0, 0.1) is 0 Å². The SMILES string of the molecule is CCSC1CCCC1NCc1ccccc1CC(=O)O. The highest BCUT2D eigenvalue weighted by Crippen LogP contribution is 2.30. The predicted molar refractivity (Wildman–Crippen MR) is 84.2 cm³/mol. The lowest BCUT2D eigenvalue weighted by Crippen LogP contribution is -2.34. The van der Waals surface area contributed by atoms with Crippen LogP contribution in [0.3, 0.4) is 0 Å². The topological polar surface area (TPSA) is 49.3 Å². The van der Waals surface area contributed by atoms with Crippen LogP contribution < -0.4 is 5.32 Å². The summed E-state index contributed by atoms with van der Waals surface area (Å²) in [5.74, 6) is 0.399. The Bertz CT molecular complexity index is 450. The molecule has 2 unspecified atom stereocenters. The predicted octanol–water partition coefficient (Wildman–Crippen LogP) is 3.08. The first-order valence-electron chi connectivity index (χ1n) is 7.34. The van der Waals surface area contributed by atoms with Gasteiger partial charge in [0.25, 0.3) is 0 Å². The molecule has 0 amide bonds. The third kappa shape index (κ3) is 4.25. The van der Waals surface area contributed by atoms with Crippen LogP contribution in [0.2, 0.25) is 0 Å². The third-order valence-electron chi connectivity index (χ3n) is 3.85. The maximum absolute atomic E-state index is 10.9. The maximum atomic E-state index is 10.9. The van der Waals surface area contributed by atoms with E-state index >= 15 is 0 Å². The number of aliphatic carboxylic acids is 1. The number of thioether (sulfide) groups is 1. The average Bonchev–Trinajstić information content (AvgIpc) is 2.85. The van der Waals surface area contributed by atoms with Gasteiger partial charge in [-0.1, -0.05) is 37.6 Å². The molecule has 110 valence electrons. The Hall–Kier alpha value is -1.00. The van der Waals surface area contributed by atoms with E-state index in [1.54, 1.807) is 0 Å². The summed E-state index contributed by atoms with van der Waals surface area (Å²) in [4.78, 5) is 10.9. The van der Waals surface area contributed by atoms with E-state index in [0.717, 1.165) is 17.7 Å². The van der Waals surface area contributed by atoms with Crippen molar-refractivity contribution >= 4 is 17.7 Å². The number of carboxylic acid groups (broad SMARTS) is 1. The molecular formula is C16H23NO2S. The van der Waals surface area contributed by atoms with Gasteiger partial charge in [-0.2, -0.15) is 11.8 Å². The van der Waals surface area contributed by atoms with Gasteiger partial charge in [0.1, 0.15) is 0 Å². The Morgan fingerprint density at radius 2 is 2.10 bits per heavy atom. The lowest BCUT2D eigenvalue weighted by Gasteiger charge is -2.21. The fraction of sp³-hybridized carbons (Fsp3) is 0.562. The summed E-state index contributed by atoms with van der Waals surface area (Å²) in [6, 6.07) is 8.40. The molecule has 0 saturated heterocycles. The highest BCUT2D eigenvalue weighted by molar-refractivity contribution is 7.99. The fourth-order valence-corrected chi connectivity index (χ4v) is 4.11. The zero-order chi connectivity index (χ0) is 14.4. The van der Waals surface area contributed by atoms with Crippen LogP contribution in [-0.4, -0.2) is 28.1 Å². The molecule has 1 aliphatic rings. The van der Waals surface area contributed by atoms with E-state index in [1.807, 2.05) is 36.0 Å². The number of nitrogens with one attached hydrogen (secondary N) is 1.